The minimum absolute atomic E-state index is 0.0222. The average molecular weight is 365 g/mol. The molecule has 25 heavy (non-hydrogen) atoms. The van der Waals surface area contributed by atoms with Crippen molar-refractivity contribution in [2.24, 2.45) is 5.10 Å². The van der Waals surface area contributed by atoms with Gasteiger partial charge in [-0.15, -0.1) is 0 Å². The Balaban J connectivity index is 2.33. The second kappa shape index (κ2) is 7.62. The van der Waals surface area contributed by atoms with Gasteiger partial charge in [0.1, 0.15) is 0 Å². The Morgan fingerprint density at radius 1 is 1.12 bits per heavy atom. The second-order valence-corrected chi connectivity index (χ2v) is 6.35. The first kappa shape index (κ1) is 18.2. The molecule has 0 spiro atoms. The fraction of sp³-hybridized carbons (Fsp3) is 0.133. The van der Waals surface area contributed by atoms with Crippen LogP contribution < -0.4 is 14.3 Å². The summed E-state index contributed by atoms with van der Waals surface area (Å²) in [5, 5.41) is 14.8. The van der Waals surface area contributed by atoms with Crippen LogP contribution >= 0.6 is 0 Å². The number of nitrogens with zero attached hydrogens (tertiary/aromatic N) is 2. The maximum Gasteiger partial charge on any atom is 0.282 e. The Hall–Kier alpha value is -3.14. The van der Waals surface area contributed by atoms with Gasteiger partial charge in [0.05, 0.1) is 41.9 Å². The maximum atomic E-state index is 12.1. The molecule has 132 valence electrons. The van der Waals surface area contributed by atoms with Crippen molar-refractivity contribution in [3.05, 3.63) is 58.1 Å². The molecule has 0 unspecified atom stereocenters. The molecule has 0 aliphatic carbocycles. The molecule has 0 aromatic heterocycles. The van der Waals surface area contributed by atoms with Crippen LogP contribution in [0, 0.1) is 10.1 Å². The van der Waals surface area contributed by atoms with E-state index in [1.54, 1.807) is 18.2 Å². The average Bonchev–Trinajstić information content (AvgIpc) is 2.61. The summed E-state index contributed by atoms with van der Waals surface area (Å²) in [5.74, 6) is 0.427. The topological polar surface area (TPSA) is 120 Å². The van der Waals surface area contributed by atoms with Crippen LogP contribution in [0.15, 0.2) is 52.5 Å². The van der Waals surface area contributed by atoms with Gasteiger partial charge in [-0.1, -0.05) is 18.2 Å². The summed E-state index contributed by atoms with van der Waals surface area (Å²) in [5.41, 5.74) is -0.251. The highest BCUT2D eigenvalue weighted by atomic mass is 32.2. The summed E-state index contributed by atoms with van der Waals surface area (Å²) < 4.78 is 34.2. The third-order valence-corrected chi connectivity index (χ3v) is 4.40. The molecule has 0 amide bonds. The Labute approximate surface area is 144 Å². The first-order valence-electron chi connectivity index (χ1n) is 6.89. The summed E-state index contributed by atoms with van der Waals surface area (Å²) >= 11 is 0. The molecule has 0 saturated heterocycles. The predicted octanol–water partition coefficient (Wildman–Crippen LogP) is 1.92. The van der Waals surface area contributed by atoms with E-state index >= 15 is 0 Å². The number of hydrazone groups is 1. The van der Waals surface area contributed by atoms with E-state index in [-0.39, 0.29) is 27.6 Å². The molecule has 0 aliphatic heterocycles. The van der Waals surface area contributed by atoms with Gasteiger partial charge in [0.15, 0.2) is 11.5 Å². The largest absolute Gasteiger partial charge is 0.493 e. The summed E-state index contributed by atoms with van der Waals surface area (Å²) in [7, 11) is -1.14. The Bertz CT molecular complexity index is 897. The Morgan fingerprint density at radius 3 is 2.28 bits per heavy atom. The van der Waals surface area contributed by atoms with Crippen LogP contribution in [0.1, 0.15) is 5.56 Å². The zero-order valence-electron chi connectivity index (χ0n) is 13.4. The van der Waals surface area contributed by atoms with E-state index in [9.17, 15) is 18.5 Å². The normalized spacial score (nSPS) is 11.3. The van der Waals surface area contributed by atoms with Crippen LogP contribution in [0.3, 0.4) is 0 Å². The standard InChI is InChI=1S/C15H15N3O6S/c1-23-14-8-11(13(18(19)20)9-15(14)24-2)10-16-17-25(21,22)12-6-4-3-5-7-12/h3-10,17H,1-2H3. The number of nitro benzene ring substituents is 1. The van der Waals surface area contributed by atoms with E-state index < -0.39 is 14.9 Å². The third kappa shape index (κ3) is 4.23. The van der Waals surface area contributed by atoms with Crippen molar-refractivity contribution in [1.82, 2.24) is 4.83 Å². The third-order valence-electron chi connectivity index (χ3n) is 3.16. The fourth-order valence-corrected chi connectivity index (χ4v) is 2.78. The molecular formula is C15H15N3O6S. The fourth-order valence-electron chi connectivity index (χ4n) is 1.96. The van der Waals surface area contributed by atoms with Crippen molar-refractivity contribution in [3.8, 4) is 11.5 Å². The van der Waals surface area contributed by atoms with Gasteiger partial charge in [-0.2, -0.15) is 13.5 Å². The van der Waals surface area contributed by atoms with Crippen LogP contribution in [-0.2, 0) is 10.0 Å². The van der Waals surface area contributed by atoms with E-state index in [1.807, 2.05) is 4.83 Å². The lowest BCUT2D eigenvalue weighted by Crippen LogP contribution is -2.18. The highest BCUT2D eigenvalue weighted by Crippen LogP contribution is 2.33. The highest BCUT2D eigenvalue weighted by molar-refractivity contribution is 7.89. The number of benzene rings is 2. The Kier molecular flexibility index (Phi) is 5.55. The van der Waals surface area contributed by atoms with Crippen molar-refractivity contribution < 1.29 is 22.8 Å². The lowest BCUT2D eigenvalue weighted by atomic mass is 10.1. The maximum absolute atomic E-state index is 12.1. The molecule has 0 aliphatic rings. The van der Waals surface area contributed by atoms with Crippen LogP contribution in [0.25, 0.3) is 0 Å². The summed E-state index contributed by atoms with van der Waals surface area (Å²) in [6.45, 7) is 0. The minimum Gasteiger partial charge on any atom is -0.493 e. The van der Waals surface area contributed by atoms with Crippen molar-refractivity contribution in [3.63, 3.8) is 0 Å². The van der Waals surface area contributed by atoms with Crippen molar-refractivity contribution in [2.45, 2.75) is 4.90 Å². The smallest absolute Gasteiger partial charge is 0.282 e. The number of ether oxygens (including phenoxy) is 2. The molecule has 10 heteroatoms. The van der Waals surface area contributed by atoms with Crippen molar-refractivity contribution in [2.75, 3.05) is 14.2 Å². The summed E-state index contributed by atoms with van der Waals surface area (Å²) in [6, 6.07) is 10.1. The molecule has 2 aromatic rings. The number of sulfonamides is 1. The number of hydrogen-bond acceptors (Lipinski definition) is 7. The predicted molar refractivity (Wildman–Crippen MR) is 90.6 cm³/mol. The van der Waals surface area contributed by atoms with Crippen LogP contribution in [0.5, 0.6) is 11.5 Å². The van der Waals surface area contributed by atoms with E-state index in [1.165, 1.54) is 38.5 Å². The van der Waals surface area contributed by atoms with Crippen molar-refractivity contribution in [1.29, 1.82) is 0 Å². The van der Waals surface area contributed by atoms with Gasteiger partial charge in [-0.25, -0.2) is 4.83 Å². The zero-order valence-corrected chi connectivity index (χ0v) is 14.2. The van der Waals surface area contributed by atoms with Gasteiger partial charge in [0.2, 0.25) is 0 Å². The molecular weight excluding hydrogens is 350 g/mol. The van der Waals surface area contributed by atoms with Gasteiger partial charge in [0, 0.05) is 0 Å². The van der Waals surface area contributed by atoms with E-state index in [0.29, 0.717) is 0 Å². The second-order valence-electron chi connectivity index (χ2n) is 4.69. The monoisotopic (exact) mass is 365 g/mol. The van der Waals surface area contributed by atoms with Crippen LogP contribution in [-0.4, -0.2) is 33.8 Å². The van der Waals surface area contributed by atoms with Crippen molar-refractivity contribution >= 4 is 21.9 Å². The quantitative estimate of drug-likeness (QED) is 0.455. The number of nitro groups is 1. The zero-order chi connectivity index (χ0) is 18.4. The lowest BCUT2D eigenvalue weighted by molar-refractivity contribution is -0.385. The van der Waals surface area contributed by atoms with Crippen LogP contribution in [0.2, 0.25) is 0 Å². The van der Waals surface area contributed by atoms with Crippen LogP contribution in [0.4, 0.5) is 5.69 Å². The first-order chi connectivity index (χ1) is 11.9. The van der Waals surface area contributed by atoms with Gasteiger partial charge in [0.25, 0.3) is 15.7 Å². The number of hydrogen-bond donors (Lipinski definition) is 1. The van der Waals surface area contributed by atoms with Gasteiger partial charge < -0.3 is 9.47 Å². The SMILES string of the molecule is COc1cc(C=NNS(=O)(=O)c2ccccc2)c([N+](=O)[O-])cc1OC. The molecule has 9 nitrogen and oxygen atoms in total. The number of methoxy groups -OCH3 is 2. The molecule has 0 saturated carbocycles. The summed E-state index contributed by atoms with van der Waals surface area (Å²) in [6.07, 6.45) is 1.03. The highest BCUT2D eigenvalue weighted by Gasteiger charge is 2.19. The van der Waals surface area contributed by atoms with Gasteiger partial charge >= 0.3 is 0 Å². The number of rotatable bonds is 7. The van der Waals surface area contributed by atoms with Gasteiger partial charge in [-0.05, 0) is 18.2 Å². The van der Waals surface area contributed by atoms with E-state index in [4.69, 9.17) is 9.47 Å². The molecule has 0 heterocycles. The van der Waals surface area contributed by atoms with E-state index in [0.717, 1.165) is 6.21 Å². The number of nitrogens with one attached hydrogen (secondary N) is 1. The minimum atomic E-state index is -3.87. The van der Waals surface area contributed by atoms with Gasteiger partial charge in [-0.3, -0.25) is 10.1 Å². The van der Waals surface area contributed by atoms with E-state index in [2.05, 4.69) is 5.10 Å². The molecule has 2 aromatic carbocycles. The first-order valence-corrected chi connectivity index (χ1v) is 8.37. The molecule has 0 radical (unpaired) electrons. The molecule has 2 rings (SSSR count). The molecule has 0 fully saturated rings. The summed E-state index contributed by atoms with van der Waals surface area (Å²) in [4.78, 5) is 12.6. The molecule has 0 bridgehead atoms. The Morgan fingerprint density at radius 2 is 1.72 bits per heavy atom. The lowest BCUT2D eigenvalue weighted by Gasteiger charge is -2.08. The molecule has 1 N–H and O–H groups in total. The molecule has 0 atom stereocenters.